The molecule has 1 aromatic heterocycles. The van der Waals surface area contributed by atoms with E-state index in [1.54, 1.807) is 20.3 Å². The van der Waals surface area contributed by atoms with Crippen LogP contribution in [0.3, 0.4) is 0 Å². The fourth-order valence-electron chi connectivity index (χ4n) is 2.10. The predicted molar refractivity (Wildman–Crippen MR) is 78.9 cm³/mol. The van der Waals surface area contributed by atoms with Gasteiger partial charge in [-0.2, -0.15) is 0 Å². The summed E-state index contributed by atoms with van der Waals surface area (Å²) < 4.78 is 10.5. The van der Waals surface area contributed by atoms with Crippen LogP contribution in [-0.2, 0) is 11.2 Å². The number of aromatic nitrogens is 1. The van der Waals surface area contributed by atoms with E-state index in [0.29, 0.717) is 22.8 Å². The topological polar surface area (TPSA) is 68.7 Å². The molecule has 1 aromatic carbocycles. The largest absolute Gasteiger partial charge is 0.493 e. The summed E-state index contributed by atoms with van der Waals surface area (Å²) in [5, 5.41) is 8.85. The molecule has 0 aliphatic carbocycles. The van der Waals surface area contributed by atoms with Gasteiger partial charge in [0, 0.05) is 11.3 Å². The van der Waals surface area contributed by atoms with Gasteiger partial charge in [0.25, 0.3) is 0 Å². The first-order valence-electron chi connectivity index (χ1n) is 6.46. The van der Waals surface area contributed by atoms with Crippen LogP contribution in [0.5, 0.6) is 11.5 Å². The lowest BCUT2D eigenvalue weighted by Crippen LogP contribution is -2.03. The molecule has 110 valence electrons. The zero-order valence-corrected chi connectivity index (χ0v) is 12.2. The summed E-state index contributed by atoms with van der Waals surface area (Å²) >= 11 is 0. The Labute approximate surface area is 123 Å². The van der Waals surface area contributed by atoms with Crippen molar-refractivity contribution in [2.24, 2.45) is 0 Å². The second-order valence-corrected chi connectivity index (χ2v) is 4.58. The van der Waals surface area contributed by atoms with Gasteiger partial charge in [0.1, 0.15) is 0 Å². The van der Waals surface area contributed by atoms with Gasteiger partial charge in [-0.05, 0) is 36.8 Å². The van der Waals surface area contributed by atoms with Gasteiger partial charge in [-0.3, -0.25) is 9.78 Å². The number of carbonyl (C=O) groups is 1. The monoisotopic (exact) mass is 287 g/mol. The minimum atomic E-state index is -0.862. The second-order valence-electron chi connectivity index (χ2n) is 4.58. The smallest absolute Gasteiger partial charge is 0.307 e. The lowest BCUT2D eigenvalue weighted by atomic mass is 10.1. The molecule has 0 aliphatic rings. The molecular formula is C16H17NO4. The summed E-state index contributed by atoms with van der Waals surface area (Å²) in [5.41, 5.74) is 3.08. The van der Waals surface area contributed by atoms with E-state index in [1.165, 1.54) is 0 Å². The average Bonchev–Trinajstić information content (AvgIpc) is 2.48. The van der Waals surface area contributed by atoms with Crippen LogP contribution in [0.15, 0.2) is 30.3 Å². The summed E-state index contributed by atoms with van der Waals surface area (Å²) in [6, 6.07) is 9.16. The Bertz CT molecular complexity index is 667. The maximum Gasteiger partial charge on any atom is 0.307 e. The van der Waals surface area contributed by atoms with Crippen LogP contribution >= 0.6 is 0 Å². The summed E-state index contributed by atoms with van der Waals surface area (Å²) in [5.74, 6) is 0.420. The van der Waals surface area contributed by atoms with Crippen molar-refractivity contribution in [1.82, 2.24) is 4.98 Å². The van der Waals surface area contributed by atoms with Crippen LogP contribution in [0, 0.1) is 6.92 Å². The fraction of sp³-hybridized carbons (Fsp3) is 0.250. The van der Waals surface area contributed by atoms with Gasteiger partial charge < -0.3 is 14.6 Å². The Hall–Kier alpha value is -2.56. The van der Waals surface area contributed by atoms with Crippen LogP contribution in [0.2, 0.25) is 0 Å². The number of methoxy groups -OCH3 is 2. The number of benzene rings is 1. The molecule has 0 unspecified atom stereocenters. The summed E-state index contributed by atoms with van der Waals surface area (Å²) in [4.78, 5) is 15.2. The molecule has 0 fully saturated rings. The molecule has 0 atom stereocenters. The lowest BCUT2D eigenvalue weighted by Gasteiger charge is -2.10. The number of rotatable bonds is 5. The molecule has 2 rings (SSSR count). The minimum Gasteiger partial charge on any atom is -0.493 e. The molecule has 2 aromatic rings. The highest BCUT2D eigenvalue weighted by Gasteiger charge is 2.10. The number of carboxylic acids is 1. The van der Waals surface area contributed by atoms with E-state index in [9.17, 15) is 4.79 Å². The first kappa shape index (κ1) is 14.8. The number of pyridine rings is 1. The maximum atomic E-state index is 10.8. The molecule has 5 heteroatoms. The van der Waals surface area contributed by atoms with Crippen molar-refractivity contribution in [1.29, 1.82) is 0 Å². The Balaban J connectivity index is 2.38. The number of hydrogen-bond donors (Lipinski definition) is 1. The molecule has 0 radical (unpaired) electrons. The number of carboxylic acid groups (broad SMARTS) is 1. The average molecular weight is 287 g/mol. The molecule has 5 nitrogen and oxygen atoms in total. The van der Waals surface area contributed by atoms with Gasteiger partial charge in [0.05, 0.1) is 26.3 Å². The van der Waals surface area contributed by atoms with Gasteiger partial charge in [-0.15, -0.1) is 0 Å². The van der Waals surface area contributed by atoms with Crippen molar-refractivity contribution in [2.45, 2.75) is 13.3 Å². The number of aliphatic carboxylic acids is 1. The van der Waals surface area contributed by atoms with E-state index in [-0.39, 0.29) is 6.42 Å². The maximum absolute atomic E-state index is 10.8. The number of ether oxygens (including phenoxy) is 2. The molecule has 0 amide bonds. The van der Waals surface area contributed by atoms with Crippen LogP contribution in [0.4, 0.5) is 0 Å². The van der Waals surface area contributed by atoms with Crippen LogP contribution in [0.25, 0.3) is 11.3 Å². The van der Waals surface area contributed by atoms with E-state index in [2.05, 4.69) is 4.98 Å². The molecule has 1 N–H and O–H groups in total. The van der Waals surface area contributed by atoms with E-state index < -0.39 is 5.97 Å². The lowest BCUT2D eigenvalue weighted by molar-refractivity contribution is -0.136. The van der Waals surface area contributed by atoms with E-state index >= 15 is 0 Å². The van der Waals surface area contributed by atoms with Crippen molar-refractivity contribution in [3.05, 3.63) is 41.6 Å². The van der Waals surface area contributed by atoms with Crippen molar-refractivity contribution >= 4 is 5.97 Å². The van der Waals surface area contributed by atoms with Crippen molar-refractivity contribution in [3.63, 3.8) is 0 Å². The third kappa shape index (κ3) is 3.31. The fourth-order valence-corrected chi connectivity index (χ4v) is 2.10. The zero-order valence-electron chi connectivity index (χ0n) is 12.2. The van der Waals surface area contributed by atoms with Gasteiger partial charge in [-0.1, -0.05) is 6.07 Å². The first-order chi connectivity index (χ1) is 10.0. The summed E-state index contributed by atoms with van der Waals surface area (Å²) in [7, 11) is 3.16. The van der Waals surface area contributed by atoms with E-state index in [1.807, 2.05) is 31.2 Å². The molecule has 0 saturated carbocycles. The highest BCUT2D eigenvalue weighted by Crippen LogP contribution is 2.31. The number of aryl methyl sites for hydroxylation is 1. The molecule has 1 heterocycles. The minimum absolute atomic E-state index is 0.0228. The Morgan fingerprint density at radius 1 is 1.14 bits per heavy atom. The zero-order chi connectivity index (χ0) is 15.4. The molecule has 0 saturated heterocycles. The number of hydrogen-bond acceptors (Lipinski definition) is 4. The Morgan fingerprint density at radius 2 is 1.86 bits per heavy atom. The molecular weight excluding hydrogens is 270 g/mol. The van der Waals surface area contributed by atoms with Crippen LogP contribution in [-0.4, -0.2) is 30.3 Å². The third-order valence-corrected chi connectivity index (χ3v) is 3.22. The summed E-state index contributed by atoms with van der Waals surface area (Å²) in [6.45, 7) is 1.81. The van der Waals surface area contributed by atoms with Crippen molar-refractivity contribution in [2.75, 3.05) is 14.2 Å². The van der Waals surface area contributed by atoms with Crippen molar-refractivity contribution in [3.8, 4) is 22.8 Å². The van der Waals surface area contributed by atoms with Gasteiger partial charge in [-0.25, -0.2) is 0 Å². The van der Waals surface area contributed by atoms with Crippen LogP contribution in [0.1, 0.15) is 11.3 Å². The summed E-state index contributed by atoms with van der Waals surface area (Å²) in [6.07, 6.45) is -0.0228. The van der Waals surface area contributed by atoms with E-state index in [4.69, 9.17) is 14.6 Å². The number of nitrogens with zero attached hydrogens (tertiary/aromatic N) is 1. The first-order valence-corrected chi connectivity index (χ1v) is 6.46. The van der Waals surface area contributed by atoms with Crippen LogP contribution < -0.4 is 9.47 Å². The van der Waals surface area contributed by atoms with Crippen molar-refractivity contribution < 1.29 is 19.4 Å². The molecule has 0 aliphatic heterocycles. The second kappa shape index (κ2) is 6.26. The SMILES string of the molecule is COc1ccc(-c2ccc(CC(=O)O)c(C)n2)cc1OC. The van der Waals surface area contributed by atoms with Gasteiger partial charge >= 0.3 is 5.97 Å². The van der Waals surface area contributed by atoms with Gasteiger partial charge in [0.2, 0.25) is 0 Å². The van der Waals surface area contributed by atoms with E-state index in [0.717, 1.165) is 11.3 Å². The molecule has 21 heavy (non-hydrogen) atoms. The molecule has 0 spiro atoms. The Kier molecular flexibility index (Phi) is 4.42. The third-order valence-electron chi connectivity index (χ3n) is 3.22. The van der Waals surface area contributed by atoms with Gasteiger partial charge in [0.15, 0.2) is 11.5 Å². The Morgan fingerprint density at radius 3 is 2.43 bits per heavy atom. The highest BCUT2D eigenvalue weighted by molar-refractivity contribution is 5.71. The predicted octanol–water partition coefficient (Wildman–Crippen LogP) is 2.70. The highest BCUT2D eigenvalue weighted by atomic mass is 16.5. The quantitative estimate of drug-likeness (QED) is 0.915. The normalized spacial score (nSPS) is 10.2. The molecule has 0 bridgehead atoms. The standard InChI is InChI=1S/C16H17NO4/c1-10-11(9-16(18)19)4-6-13(17-10)12-5-7-14(20-2)15(8-12)21-3/h4-8H,9H2,1-3H3,(H,18,19).